The molecule has 13 rings (SSSR count). The third-order valence-corrected chi connectivity index (χ3v) is 12.1. The molecule has 0 N–H and O–H groups in total. The Kier molecular flexibility index (Phi) is 6.95. The molecule has 0 amide bonds. The lowest BCUT2D eigenvalue weighted by atomic mass is 9.94. The molecule has 0 radical (unpaired) electrons. The Hall–Kier alpha value is -8.15. The van der Waals surface area contributed by atoms with Crippen LogP contribution in [0, 0.1) is 0 Å². The lowest BCUT2D eigenvalue weighted by Gasteiger charge is -2.12. The van der Waals surface area contributed by atoms with E-state index in [1.807, 2.05) is 30.3 Å². The van der Waals surface area contributed by atoms with Crippen molar-refractivity contribution in [2.75, 3.05) is 0 Å². The molecule has 0 atom stereocenters. The van der Waals surface area contributed by atoms with Gasteiger partial charge in [0.15, 0.2) is 17.5 Å². The first-order valence-electron chi connectivity index (χ1n) is 20.2. The summed E-state index contributed by atoms with van der Waals surface area (Å²) < 4.78 is 12.6. The third-order valence-electron chi connectivity index (χ3n) is 12.1. The summed E-state index contributed by atoms with van der Waals surface area (Å²) >= 11 is 0. The summed E-state index contributed by atoms with van der Waals surface area (Å²) in [5, 5.41) is 13.6. The summed E-state index contributed by atoms with van der Waals surface area (Å²) in [7, 11) is 0. The zero-order valence-corrected chi connectivity index (χ0v) is 32.1. The van der Waals surface area contributed by atoms with Crippen LogP contribution in [0.5, 0.6) is 0 Å². The van der Waals surface area contributed by atoms with Crippen LogP contribution in [-0.2, 0) is 0 Å². The van der Waals surface area contributed by atoms with E-state index < -0.39 is 0 Å². The zero-order chi connectivity index (χ0) is 39.3. The monoisotopic (exact) mass is 765 g/mol. The molecule has 0 saturated carbocycles. The van der Waals surface area contributed by atoms with Gasteiger partial charge in [0.1, 0.15) is 22.3 Å². The SMILES string of the molecule is c1cc(-c2cccc3oc4ccccc4c23)c2ccc(-c3nc(-c4ccc5c(ccc6ccccc65)c4)nc(-c4ccc5ccc6oc7ccccc7c6c5c4)n3)cc2c1. The molecular weight excluding hydrogens is 735 g/mol. The number of aromatic nitrogens is 3. The van der Waals surface area contributed by atoms with Crippen LogP contribution in [0.25, 0.3) is 132 Å². The number of nitrogens with zero attached hydrogens (tertiary/aromatic N) is 3. The van der Waals surface area contributed by atoms with Crippen LogP contribution >= 0.6 is 0 Å². The quantitative estimate of drug-likeness (QED) is 0.167. The minimum Gasteiger partial charge on any atom is -0.456 e. The lowest BCUT2D eigenvalue weighted by Crippen LogP contribution is -2.00. The van der Waals surface area contributed by atoms with Crippen molar-refractivity contribution in [3.8, 4) is 45.3 Å². The molecule has 0 bridgehead atoms. The first-order valence-corrected chi connectivity index (χ1v) is 20.2. The second-order valence-corrected chi connectivity index (χ2v) is 15.5. The molecule has 10 aromatic carbocycles. The molecule has 5 nitrogen and oxygen atoms in total. The number of hydrogen-bond acceptors (Lipinski definition) is 5. The highest BCUT2D eigenvalue weighted by Crippen LogP contribution is 2.41. The largest absolute Gasteiger partial charge is 0.456 e. The number of furan rings is 2. The molecule has 0 fully saturated rings. The molecule has 3 heterocycles. The second kappa shape index (κ2) is 12.7. The van der Waals surface area contributed by atoms with E-state index in [-0.39, 0.29) is 0 Å². The van der Waals surface area contributed by atoms with E-state index in [2.05, 4.69) is 158 Å². The van der Waals surface area contributed by atoms with Gasteiger partial charge in [0.2, 0.25) is 0 Å². The average molecular weight is 766 g/mol. The Morgan fingerprint density at radius 3 is 1.50 bits per heavy atom. The Morgan fingerprint density at radius 2 is 0.733 bits per heavy atom. The summed E-state index contributed by atoms with van der Waals surface area (Å²) in [5.41, 5.74) is 8.51. The number of fused-ring (bicyclic) bond motifs is 12. The van der Waals surface area contributed by atoms with Gasteiger partial charge in [-0.3, -0.25) is 0 Å². The molecule has 0 saturated heterocycles. The van der Waals surface area contributed by atoms with Crippen LogP contribution in [0.4, 0.5) is 0 Å². The van der Waals surface area contributed by atoms with Crippen molar-refractivity contribution < 1.29 is 8.83 Å². The zero-order valence-electron chi connectivity index (χ0n) is 32.1. The highest BCUT2D eigenvalue weighted by atomic mass is 16.3. The average Bonchev–Trinajstić information content (AvgIpc) is 3.90. The molecule has 3 aromatic heterocycles. The van der Waals surface area contributed by atoms with Gasteiger partial charge in [0.05, 0.1) is 0 Å². The molecule has 0 aliphatic rings. The van der Waals surface area contributed by atoms with Gasteiger partial charge in [-0.1, -0.05) is 146 Å². The lowest BCUT2D eigenvalue weighted by molar-refractivity contribution is 0.668. The van der Waals surface area contributed by atoms with Crippen LogP contribution in [0.2, 0.25) is 0 Å². The van der Waals surface area contributed by atoms with Crippen LogP contribution in [-0.4, -0.2) is 15.0 Å². The molecule has 0 aliphatic carbocycles. The normalized spacial score (nSPS) is 12.0. The number of rotatable bonds is 4. The maximum absolute atomic E-state index is 6.28. The van der Waals surface area contributed by atoms with E-state index >= 15 is 0 Å². The van der Waals surface area contributed by atoms with E-state index in [1.54, 1.807) is 0 Å². The Labute approximate surface area is 342 Å². The van der Waals surface area contributed by atoms with E-state index in [0.717, 1.165) is 98.6 Å². The van der Waals surface area contributed by atoms with Crippen LogP contribution in [0.1, 0.15) is 0 Å². The smallest absolute Gasteiger partial charge is 0.164 e. The molecule has 278 valence electrons. The Morgan fingerprint density at radius 1 is 0.267 bits per heavy atom. The van der Waals surface area contributed by atoms with Gasteiger partial charge in [-0.15, -0.1) is 0 Å². The van der Waals surface area contributed by atoms with Gasteiger partial charge in [0, 0.05) is 38.2 Å². The van der Waals surface area contributed by atoms with Crippen molar-refractivity contribution >= 4 is 87.0 Å². The molecule has 0 unspecified atom stereocenters. The van der Waals surface area contributed by atoms with Gasteiger partial charge in [0.25, 0.3) is 0 Å². The first-order chi connectivity index (χ1) is 29.7. The second-order valence-electron chi connectivity index (χ2n) is 15.5. The van der Waals surface area contributed by atoms with E-state index in [0.29, 0.717) is 17.5 Å². The maximum atomic E-state index is 6.28. The molecule has 13 aromatic rings. The first kappa shape index (κ1) is 32.9. The number of benzene rings is 10. The predicted octanol–water partition coefficient (Wildman–Crippen LogP) is 15.0. The number of hydrogen-bond donors (Lipinski definition) is 0. The standard InChI is InChI=1S/C55H31N3O2/c1-2-11-39-32(9-1)19-21-35-30-37(23-26-40(35)39)54-56-53(57-55(58-54)38-22-20-33-25-28-50-52(46(33)31-38)45-13-4-6-17-48(45)60-50)36-24-27-41-34(29-36)10-7-14-42(41)43-15-8-18-49-51(43)44-12-3-5-16-47(44)59-49/h1-31H. The maximum Gasteiger partial charge on any atom is 0.164 e. The minimum atomic E-state index is 0.604. The summed E-state index contributed by atoms with van der Waals surface area (Å²) in [6.07, 6.45) is 0. The molecule has 0 spiro atoms. The van der Waals surface area contributed by atoms with Crippen molar-refractivity contribution in [1.29, 1.82) is 0 Å². The minimum absolute atomic E-state index is 0.604. The number of para-hydroxylation sites is 2. The Balaban J connectivity index is 1.01. The van der Waals surface area contributed by atoms with Gasteiger partial charge in [-0.05, 0) is 96.7 Å². The molecule has 60 heavy (non-hydrogen) atoms. The summed E-state index contributed by atoms with van der Waals surface area (Å²) in [4.78, 5) is 15.7. The fourth-order valence-corrected chi connectivity index (χ4v) is 9.25. The fourth-order valence-electron chi connectivity index (χ4n) is 9.25. The molecule has 5 heteroatoms. The highest BCUT2D eigenvalue weighted by molar-refractivity contribution is 6.19. The molecular formula is C55H31N3O2. The predicted molar refractivity (Wildman–Crippen MR) is 246 cm³/mol. The van der Waals surface area contributed by atoms with E-state index in [1.165, 1.54) is 16.2 Å². The van der Waals surface area contributed by atoms with Crippen LogP contribution in [0.15, 0.2) is 197 Å². The van der Waals surface area contributed by atoms with Gasteiger partial charge >= 0.3 is 0 Å². The Bertz CT molecular complexity index is 3910. The summed E-state index contributed by atoms with van der Waals surface area (Å²) in [5.74, 6) is 1.83. The van der Waals surface area contributed by atoms with Crippen LogP contribution in [0.3, 0.4) is 0 Å². The van der Waals surface area contributed by atoms with E-state index in [9.17, 15) is 0 Å². The highest BCUT2D eigenvalue weighted by Gasteiger charge is 2.18. The summed E-state index contributed by atoms with van der Waals surface area (Å²) in [6, 6.07) is 65.8. The van der Waals surface area contributed by atoms with Gasteiger partial charge in [-0.25, -0.2) is 15.0 Å². The van der Waals surface area contributed by atoms with Gasteiger partial charge < -0.3 is 8.83 Å². The van der Waals surface area contributed by atoms with E-state index in [4.69, 9.17) is 23.8 Å². The van der Waals surface area contributed by atoms with Crippen molar-refractivity contribution in [2.24, 2.45) is 0 Å². The van der Waals surface area contributed by atoms with Crippen molar-refractivity contribution in [2.45, 2.75) is 0 Å². The van der Waals surface area contributed by atoms with Crippen molar-refractivity contribution in [1.82, 2.24) is 15.0 Å². The van der Waals surface area contributed by atoms with Crippen molar-refractivity contribution in [3.63, 3.8) is 0 Å². The topological polar surface area (TPSA) is 65.0 Å². The van der Waals surface area contributed by atoms with Gasteiger partial charge in [-0.2, -0.15) is 0 Å². The molecule has 0 aliphatic heterocycles. The van der Waals surface area contributed by atoms with Crippen molar-refractivity contribution in [3.05, 3.63) is 188 Å². The fraction of sp³-hybridized carbons (Fsp3) is 0. The third kappa shape index (κ3) is 5.03. The van der Waals surface area contributed by atoms with Crippen LogP contribution < -0.4 is 0 Å². The summed E-state index contributed by atoms with van der Waals surface area (Å²) in [6.45, 7) is 0.